The summed E-state index contributed by atoms with van der Waals surface area (Å²) >= 11 is 1.34. The number of hydrogen-bond donors (Lipinski definition) is 2. The minimum absolute atomic E-state index is 0.240. The molecule has 2 amide bonds. The minimum Gasteiger partial charge on any atom is -0.357 e. The summed E-state index contributed by atoms with van der Waals surface area (Å²) in [6, 6.07) is 12.0. The second kappa shape index (κ2) is 6.15. The molecule has 0 aliphatic carbocycles. The van der Waals surface area contributed by atoms with Crippen molar-refractivity contribution in [3.8, 4) is 0 Å². The van der Waals surface area contributed by atoms with E-state index >= 15 is 0 Å². The minimum atomic E-state index is -0.680. The highest BCUT2D eigenvalue weighted by Gasteiger charge is 2.22. The van der Waals surface area contributed by atoms with Gasteiger partial charge in [0.25, 0.3) is 5.91 Å². The third-order valence-electron chi connectivity index (χ3n) is 2.66. The van der Waals surface area contributed by atoms with Gasteiger partial charge in [-0.1, -0.05) is 36.4 Å². The van der Waals surface area contributed by atoms with Crippen molar-refractivity contribution in [2.24, 2.45) is 0 Å². The smallest absolute Gasteiger partial charge is 0.262 e. The number of amides is 2. The van der Waals surface area contributed by atoms with Gasteiger partial charge in [-0.25, -0.2) is 0 Å². The summed E-state index contributed by atoms with van der Waals surface area (Å²) in [7, 11) is 1.55. The predicted octanol–water partition coefficient (Wildman–Crippen LogP) is 1.97. The van der Waals surface area contributed by atoms with Gasteiger partial charge in [-0.15, -0.1) is 11.3 Å². The highest BCUT2D eigenvalue weighted by Crippen LogP contribution is 2.15. The fraction of sp³-hybridized carbons (Fsp3) is 0.143. The Morgan fingerprint density at radius 1 is 1.11 bits per heavy atom. The third-order valence-corrected chi connectivity index (χ3v) is 3.53. The van der Waals surface area contributed by atoms with Crippen LogP contribution in [-0.2, 0) is 4.79 Å². The average Bonchev–Trinajstić information content (AvgIpc) is 2.99. The van der Waals surface area contributed by atoms with Crippen molar-refractivity contribution in [1.82, 2.24) is 10.6 Å². The van der Waals surface area contributed by atoms with Crippen LogP contribution in [0.1, 0.15) is 21.3 Å². The van der Waals surface area contributed by atoms with Crippen molar-refractivity contribution in [3.63, 3.8) is 0 Å². The molecule has 0 aliphatic rings. The van der Waals surface area contributed by atoms with E-state index < -0.39 is 6.04 Å². The van der Waals surface area contributed by atoms with Crippen LogP contribution in [0.5, 0.6) is 0 Å². The molecule has 2 rings (SSSR count). The Bertz CT molecular complexity index is 552. The Hall–Kier alpha value is -2.14. The summed E-state index contributed by atoms with van der Waals surface area (Å²) in [4.78, 5) is 24.5. The lowest BCUT2D eigenvalue weighted by Gasteiger charge is -2.17. The maximum absolute atomic E-state index is 12.0. The van der Waals surface area contributed by atoms with Crippen LogP contribution in [0.4, 0.5) is 0 Å². The largest absolute Gasteiger partial charge is 0.357 e. The van der Waals surface area contributed by atoms with Crippen LogP contribution in [0.3, 0.4) is 0 Å². The fourth-order valence-electron chi connectivity index (χ4n) is 1.70. The van der Waals surface area contributed by atoms with Gasteiger partial charge in [0.2, 0.25) is 5.91 Å². The number of benzene rings is 1. The molecule has 0 saturated carbocycles. The summed E-state index contributed by atoms with van der Waals surface area (Å²) in [5, 5.41) is 7.14. The average molecular weight is 274 g/mol. The molecule has 1 unspecified atom stereocenters. The Balaban J connectivity index is 2.20. The number of rotatable bonds is 4. The maximum atomic E-state index is 12.0. The first-order valence-corrected chi connectivity index (χ1v) is 6.71. The standard InChI is InChI=1S/C14H14N2O2S/c1-15-14(18)12(10-6-3-2-4-7-10)16-13(17)11-8-5-9-19-11/h2-9,12H,1H3,(H,15,18)(H,16,17). The van der Waals surface area contributed by atoms with E-state index in [-0.39, 0.29) is 11.8 Å². The van der Waals surface area contributed by atoms with Crippen LogP contribution < -0.4 is 10.6 Å². The molecular formula is C14H14N2O2S. The van der Waals surface area contributed by atoms with Gasteiger partial charge in [-0.2, -0.15) is 0 Å². The number of likely N-dealkylation sites (N-methyl/N-ethyl adjacent to an activating group) is 1. The molecule has 2 aromatic rings. The molecule has 1 atom stereocenters. The summed E-state index contributed by atoms with van der Waals surface area (Å²) < 4.78 is 0. The van der Waals surface area contributed by atoms with Crippen molar-refractivity contribution >= 4 is 23.2 Å². The van der Waals surface area contributed by atoms with Crippen molar-refractivity contribution in [1.29, 1.82) is 0 Å². The van der Waals surface area contributed by atoms with Crippen molar-refractivity contribution < 1.29 is 9.59 Å². The Labute approximate surface area is 115 Å². The molecule has 1 aromatic carbocycles. The molecule has 0 saturated heterocycles. The van der Waals surface area contributed by atoms with Crippen molar-refractivity contribution in [2.75, 3.05) is 7.05 Å². The van der Waals surface area contributed by atoms with Gasteiger partial charge in [-0.3, -0.25) is 9.59 Å². The van der Waals surface area contributed by atoms with E-state index in [0.717, 1.165) is 5.56 Å². The summed E-state index contributed by atoms with van der Waals surface area (Å²) in [5.74, 6) is -0.483. The van der Waals surface area contributed by atoms with Gasteiger partial charge in [0.15, 0.2) is 0 Å². The molecule has 2 N–H and O–H groups in total. The van der Waals surface area contributed by atoms with Gasteiger partial charge >= 0.3 is 0 Å². The molecule has 0 aliphatic heterocycles. The van der Waals surface area contributed by atoms with E-state index in [4.69, 9.17) is 0 Å². The van der Waals surface area contributed by atoms with E-state index in [0.29, 0.717) is 4.88 Å². The highest BCUT2D eigenvalue weighted by atomic mass is 32.1. The molecule has 1 aromatic heterocycles. The zero-order valence-electron chi connectivity index (χ0n) is 10.4. The molecule has 19 heavy (non-hydrogen) atoms. The number of carbonyl (C=O) groups is 2. The summed E-state index contributed by atoms with van der Waals surface area (Å²) in [5.41, 5.74) is 0.756. The van der Waals surface area contributed by atoms with Gasteiger partial charge in [0.05, 0.1) is 4.88 Å². The molecule has 1 heterocycles. The highest BCUT2D eigenvalue weighted by molar-refractivity contribution is 7.12. The topological polar surface area (TPSA) is 58.2 Å². The van der Waals surface area contributed by atoms with Crippen molar-refractivity contribution in [3.05, 3.63) is 58.3 Å². The van der Waals surface area contributed by atoms with Crippen LogP contribution in [0.2, 0.25) is 0 Å². The van der Waals surface area contributed by atoms with Crippen LogP contribution in [0, 0.1) is 0 Å². The van der Waals surface area contributed by atoms with Gasteiger partial charge in [-0.05, 0) is 17.0 Å². The zero-order chi connectivity index (χ0) is 13.7. The van der Waals surface area contributed by atoms with E-state index in [1.54, 1.807) is 19.2 Å². The van der Waals surface area contributed by atoms with Crippen LogP contribution in [0.15, 0.2) is 47.8 Å². The first-order chi connectivity index (χ1) is 9.22. The first kappa shape index (κ1) is 13.3. The Kier molecular flexibility index (Phi) is 4.30. The first-order valence-electron chi connectivity index (χ1n) is 5.83. The van der Waals surface area contributed by atoms with Crippen LogP contribution in [0.25, 0.3) is 0 Å². The second-order valence-electron chi connectivity index (χ2n) is 3.91. The number of hydrogen-bond acceptors (Lipinski definition) is 3. The predicted molar refractivity (Wildman–Crippen MR) is 75.0 cm³/mol. The molecule has 5 heteroatoms. The Morgan fingerprint density at radius 3 is 2.42 bits per heavy atom. The molecule has 0 bridgehead atoms. The van der Waals surface area contributed by atoms with Gasteiger partial charge in [0, 0.05) is 7.05 Å². The zero-order valence-corrected chi connectivity index (χ0v) is 11.2. The second-order valence-corrected chi connectivity index (χ2v) is 4.86. The van der Waals surface area contributed by atoms with Crippen LogP contribution >= 0.6 is 11.3 Å². The molecular weight excluding hydrogens is 260 g/mol. The summed E-state index contributed by atoms with van der Waals surface area (Å²) in [6.45, 7) is 0. The van der Waals surface area contributed by atoms with Gasteiger partial charge < -0.3 is 10.6 Å². The number of nitrogens with one attached hydrogen (secondary N) is 2. The number of thiophene rings is 1. The lowest BCUT2D eigenvalue weighted by molar-refractivity contribution is -0.122. The lowest BCUT2D eigenvalue weighted by atomic mass is 10.1. The normalized spacial score (nSPS) is 11.6. The lowest BCUT2D eigenvalue weighted by Crippen LogP contribution is -2.38. The van der Waals surface area contributed by atoms with Gasteiger partial charge in [0.1, 0.15) is 6.04 Å². The van der Waals surface area contributed by atoms with Crippen LogP contribution in [-0.4, -0.2) is 18.9 Å². The van der Waals surface area contributed by atoms with E-state index in [9.17, 15) is 9.59 Å². The third kappa shape index (κ3) is 3.20. The van der Waals surface area contributed by atoms with E-state index in [2.05, 4.69) is 10.6 Å². The molecule has 0 fully saturated rings. The number of carbonyl (C=O) groups excluding carboxylic acids is 2. The Morgan fingerprint density at radius 2 is 1.84 bits per heavy atom. The quantitative estimate of drug-likeness (QED) is 0.895. The molecule has 98 valence electrons. The molecule has 0 radical (unpaired) electrons. The fourth-order valence-corrected chi connectivity index (χ4v) is 2.33. The van der Waals surface area contributed by atoms with Crippen molar-refractivity contribution in [2.45, 2.75) is 6.04 Å². The SMILES string of the molecule is CNC(=O)C(NC(=O)c1cccs1)c1ccccc1. The monoisotopic (exact) mass is 274 g/mol. The van der Waals surface area contributed by atoms with E-state index in [1.165, 1.54) is 11.3 Å². The molecule has 0 spiro atoms. The summed E-state index contributed by atoms with van der Waals surface area (Å²) in [6.07, 6.45) is 0. The maximum Gasteiger partial charge on any atom is 0.262 e. The van der Waals surface area contributed by atoms with E-state index in [1.807, 2.05) is 35.7 Å². The molecule has 4 nitrogen and oxygen atoms in total.